The zero-order valence-corrected chi connectivity index (χ0v) is 8.65. The first-order valence-electron chi connectivity index (χ1n) is 4.73. The number of likely N-dealkylation sites (N-methyl/N-ethyl adjacent to an activating group) is 1. The third-order valence-electron chi connectivity index (χ3n) is 2.78. The number of hydrogen-bond acceptors (Lipinski definition) is 3. The van der Waals surface area contributed by atoms with E-state index in [0.29, 0.717) is 11.3 Å². The second-order valence-electron chi connectivity index (χ2n) is 3.77. The van der Waals surface area contributed by atoms with E-state index in [1.807, 2.05) is 0 Å². The van der Waals surface area contributed by atoms with Gasteiger partial charge in [-0.3, -0.25) is 14.5 Å². The second-order valence-corrected chi connectivity index (χ2v) is 3.77. The van der Waals surface area contributed by atoms with Crippen LogP contribution in [0.15, 0.2) is 18.2 Å². The van der Waals surface area contributed by atoms with Crippen molar-refractivity contribution in [2.24, 2.45) is 0 Å². The summed E-state index contributed by atoms with van der Waals surface area (Å²) in [6.07, 6.45) is 0. The maximum Gasteiger partial charge on any atom is 0.260 e. The first-order valence-corrected chi connectivity index (χ1v) is 4.73. The molecule has 0 spiro atoms. The lowest BCUT2D eigenvalue weighted by atomic mass is 9.90. The highest BCUT2D eigenvalue weighted by atomic mass is 16.2. The van der Waals surface area contributed by atoms with Crippen molar-refractivity contribution in [2.45, 2.75) is 12.8 Å². The maximum atomic E-state index is 11.8. The van der Waals surface area contributed by atoms with Crippen molar-refractivity contribution < 1.29 is 9.59 Å². The van der Waals surface area contributed by atoms with Gasteiger partial charge in [0.15, 0.2) is 0 Å². The minimum Gasteiger partial charge on any atom is -0.399 e. The first kappa shape index (κ1) is 9.71. The van der Waals surface area contributed by atoms with Crippen LogP contribution in [0.4, 0.5) is 5.69 Å². The summed E-state index contributed by atoms with van der Waals surface area (Å²) in [5, 5.41) is 0. The Kier molecular flexibility index (Phi) is 2.00. The van der Waals surface area contributed by atoms with Crippen LogP contribution < -0.4 is 5.73 Å². The fraction of sp³-hybridized carbons (Fsp3) is 0.273. The summed E-state index contributed by atoms with van der Waals surface area (Å²) < 4.78 is 0. The Morgan fingerprint density at radius 3 is 2.67 bits per heavy atom. The van der Waals surface area contributed by atoms with Gasteiger partial charge in [0.25, 0.3) is 5.91 Å². The molecule has 0 aliphatic carbocycles. The molecule has 1 aliphatic heterocycles. The Morgan fingerprint density at radius 1 is 1.33 bits per heavy atom. The molecule has 0 saturated carbocycles. The lowest BCUT2D eigenvalue weighted by Gasteiger charge is -2.28. The van der Waals surface area contributed by atoms with E-state index < -0.39 is 0 Å². The minimum atomic E-state index is -0.277. The van der Waals surface area contributed by atoms with Crippen molar-refractivity contribution in [3.8, 4) is 0 Å². The summed E-state index contributed by atoms with van der Waals surface area (Å²) in [6, 6.07) is 5.08. The number of nitrogens with zero attached hydrogens (tertiary/aromatic N) is 1. The van der Waals surface area contributed by atoms with Gasteiger partial charge in [-0.25, -0.2) is 0 Å². The van der Waals surface area contributed by atoms with E-state index >= 15 is 0 Å². The van der Waals surface area contributed by atoms with E-state index in [0.717, 1.165) is 10.5 Å². The molecule has 1 aromatic carbocycles. The highest BCUT2D eigenvalue weighted by molar-refractivity contribution is 6.11. The molecule has 2 N–H and O–H groups in total. The molecule has 1 aromatic rings. The molecule has 1 heterocycles. The SMILES string of the molecule is CC1C(=O)N(C)C(=O)c2cc(N)ccc21. The Balaban J connectivity index is 2.64. The zero-order chi connectivity index (χ0) is 11.2. The van der Waals surface area contributed by atoms with Gasteiger partial charge in [0.05, 0.1) is 5.92 Å². The van der Waals surface area contributed by atoms with Crippen molar-refractivity contribution in [1.29, 1.82) is 0 Å². The number of amides is 2. The summed E-state index contributed by atoms with van der Waals surface area (Å²) in [7, 11) is 1.49. The highest BCUT2D eigenvalue weighted by Crippen LogP contribution is 2.29. The number of anilines is 1. The molecule has 2 rings (SSSR count). The standard InChI is InChI=1S/C11H12N2O2/c1-6-8-4-3-7(12)5-9(8)11(15)13(2)10(6)14/h3-6H,12H2,1-2H3. The summed E-state index contributed by atoms with van der Waals surface area (Å²) in [5.41, 5.74) is 7.45. The largest absolute Gasteiger partial charge is 0.399 e. The number of carbonyl (C=O) groups is 2. The number of hydrogen-bond donors (Lipinski definition) is 1. The van der Waals surface area contributed by atoms with E-state index in [9.17, 15) is 9.59 Å². The van der Waals surface area contributed by atoms with E-state index in [1.165, 1.54) is 7.05 Å². The Labute approximate surface area is 87.7 Å². The molecular formula is C11H12N2O2. The van der Waals surface area contributed by atoms with Crippen LogP contribution in [-0.4, -0.2) is 23.8 Å². The molecule has 78 valence electrons. The van der Waals surface area contributed by atoms with Crippen LogP contribution in [-0.2, 0) is 4.79 Å². The average Bonchev–Trinajstić information content (AvgIpc) is 2.23. The van der Waals surface area contributed by atoms with Crippen molar-refractivity contribution in [3.63, 3.8) is 0 Å². The van der Waals surface area contributed by atoms with Crippen LogP contribution in [0.25, 0.3) is 0 Å². The normalized spacial score (nSPS) is 20.4. The molecule has 1 unspecified atom stereocenters. The molecule has 4 heteroatoms. The fourth-order valence-corrected chi connectivity index (χ4v) is 1.84. The van der Waals surface area contributed by atoms with Crippen molar-refractivity contribution >= 4 is 17.5 Å². The number of fused-ring (bicyclic) bond motifs is 1. The first-order chi connectivity index (χ1) is 7.02. The summed E-state index contributed by atoms with van der Waals surface area (Å²) >= 11 is 0. The number of carbonyl (C=O) groups excluding carboxylic acids is 2. The summed E-state index contributed by atoms with van der Waals surface area (Å²) in [5.74, 6) is -0.721. The van der Waals surface area contributed by atoms with E-state index in [4.69, 9.17) is 5.73 Å². The van der Waals surface area contributed by atoms with Crippen molar-refractivity contribution in [3.05, 3.63) is 29.3 Å². The van der Waals surface area contributed by atoms with E-state index in [-0.39, 0.29) is 17.7 Å². The molecular weight excluding hydrogens is 192 g/mol. The van der Waals surface area contributed by atoms with Gasteiger partial charge >= 0.3 is 0 Å². The Hall–Kier alpha value is -1.84. The molecule has 0 bridgehead atoms. The van der Waals surface area contributed by atoms with Crippen LogP contribution >= 0.6 is 0 Å². The summed E-state index contributed by atoms with van der Waals surface area (Å²) in [6.45, 7) is 1.79. The van der Waals surface area contributed by atoms with Gasteiger partial charge in [-0.15, -0.1) is 0 Å². The lowest BCUT2D eigenvalue weighted by Crippen LogP contribution is -2.41. The van der Waals surface area contributed by atoms with E-state index in [2.05, 4.69) is 0 Å². The van der Waals surface area contributed by atoms with Crippen LogP contribution in [0.5, 0.6) is 0 Å². The predicted molar refractivity (Wildman–Crippen MR) is 56.4 cm³/mol. The highest BCUT2D eigenvalue weighted by Gasteiger charge is 2.33. The van der Waals surface area contributed by atoms with Crippen molar-refractivity contribution in [1.82, 2.24) is 4.90 Å². The minimum absolute atomic E-state index is 0.169. The topological polar surface area (TPSA) is 63.4 Å². The van der Waals surface area contributed by atoms with Gasteiger partial charge in [-0.1, -0.05) is 6.07 Å². The third-order valence-corrected chi connectivity index (χ3v) is 2.78. The lowest BCUT2D eigenvalue weighted by molar-refractivity contribution is -0.129. The average molecular weight is 204 g/mol. The maximum absolute atomic E-state index is 11.8. The Morgan fingerprint density at radius 2 is 2.00 bits per heavy atom. The number of benzene rings is 1. The molecule has 4 nitrogen and oxygen atoms in total. The molecule has 0 fully saturated rings. The monoisotopic (exact) mass is 204 g/mol. The van der Waals surface area contributed by atoms with Gasteiger partial charge in [0, 0.05) is 18.3 Å². The van der Waals surface area contributed by atoms with E-state index in [1.54, 1.807) is 25.1 Å². The fourth-order valence-electron chi connectivity index (χ4n) is 1.84. The van der Waals surface area contributed by atoms with Crippen LogP contribution in [0.1, 0.15) is 28.8 Å². The third kappa shape index (κ3) is 1.29. The van der Waals surface area contributed by atoms with Gasteiger partial charge in [-0.05, 0) is 24.6 Å². The van der Waals surface area contributed by atoms with Crippen LogP contribution in [0.2, 0.25) is 0 Å². The van der Waals surface area contributed by atoms with Crippen LogP contribution in [0, 0.1) is 0 Å². The molecule has 1 atom stereocenters. The molecule has 0 saturated heterocycles. The van der Waals surface area contributed by atoms with Gasteiger partial charge in [0.2, 0.25) is 5.91 Å². The molecule has 0 aromatic heterocycles. The number of nitrogens with two attached hydrogens (primary N) is 1. The zero-order valence-electron chi connectivity index (χ0n) is 8.65. The van der Waals surface area contributed by atoms with Crippen molar-refractivity contribution in [2.75, 3.05) is 12.8 Å². The van der Waals surface area contributed by atoms with Gasteiger partial charge in [0.1, 0.15) is 0 Å². The number of imide groups is 1. The number of rotatable bonds is 0. The molecule has 15 heavy (non-hydrogen) atoms. The summed E-state index contributed by atoms with van der Waals surface area (Å²) in [4.78, 5) is 24.6. The number of nitrogen functional groups attached to an aromatic ring is 1. The smallest absolute Gasteiger partial charge is 0.260 e. The quantitative estimate of drug-likeness (QED) is 0.506. The Bertz CT molecular complexity index is 454. The molecule has 0 radical (unpaired) electrons. The molecule has 2 amide bonds. The second kappa shape index (κ2) is 3.08. The predicted octanol–water partition coefficient (Wildman–Crippen LogP) is 0.985. The van der Waals surface area contributed by atoms with Gasteiger partial charge < -0.3 is 5.73 Å². The van der Waals surface area contributed by atoms with Gasteiger partial charge in [-0.2, -0.15) is 0 Å². The molecule has 1 aliphatic rings. The van der Waals surface area contributed by atoms with Crippen LogP contribution in [0.3, 0.4) is 0 Å².